The summed E-state index contributed by atoms with van der Waals surface area (Å²) >= 11 is 7.22. The monoisotopic (exact) mass is 519 g/mol. The van der Waals surface area contributed by atoms with E-state index in [1.165, 1.54) is 36.4 Å². The van der Waals surface area contributed by atoms with Gasteiger partial charge >= 0.3 is 11.7 Å². The summed E-state index contributed by atoms with van der Waals surface area (Å²) in [4.78, 5) is 41.2. The van der Waals surface area contributed by atoms with E-state index >= 15 is 0 Å². The Morgan fingerprint density at radius 1 is 1.09 bits per heavy atom. The lowest BCUT2D eigenvalue weighted by Crippen LogP contribution is -2.34. The van der Waals surface area contributed by atoms with Gasteiger partial charge in [0, 0.05) is 17.6 Å². The van der Waals surface area contributed by atoms with E-state index in [1.807, 2.05) is 4.72 Å². The van der Waals surface area contributed by atoms with Crippen molar-refractivity contribution >= 4 is 61.3 Å². The Morgan fingerprint density at radius 2 is 1.79 bits per heavy atom. The quantitative estimate of drug-likeness (QED) is 0.319. The molecule has 0 aliphatic heterocycles. The molecule has 0 atom stereocenters. The van der Waals surface area contributed by atoms with Gasteiger partial charge in [-0.3, -0.25) is 4.79 Å². The summed E-state index contributed by atoms with van der Waals surface area (Å²) in [6.45, 7) is 1.76. The average molecular weight is 520 g/mol. The Morgan fingerprint density at radius 3 is 2.41 bits per heavy atom. The van der Waals surface area contributed by atoms with Crippen LogP contribution in [0.3, 0.4) is 0 Å². The fourth-order valence-electron chi connectivity index (χ4n) is 3.24. The number of nitrogens with zero attached hydrogens (tertiary/aromatic N) is 1. The van der Waals surface area contributed by atoms with Crippen LogP contribution in [-0.2, 0) is 10.0 Å². The molecular formula is C21H18ClN5O5S2. The second kappa shape index (κ2) is 8.97. The summed E-state index contributed by atoms with van der Waals surface area (Å²) in [5, 5.41) is 5.83. The number of fused-ring (bicyclic) bond motifs is 1. The van der Waals surface area contributed by atoms with Crippen molar-refractivity contribution in [3.8, 4) is 5.69 Å². The molecule has 0 aliphatic rings. The highest BCUT2D eigenvalue weighted by Gasteiger charge is 2.19. The summed E-state index contributed by atoms with van der Waals surface area (Å²) in [6.07, 6.45) is 0. The maximum absolute atomic E-state index is 13.0. The van der Waals surface area contributed by atoms with E-state index in [1.54, 1.807) is 26.1 Å². The number of nitrogens with one attached hydrogen (secondary N) is 4. The predicted octanol–water partition coefficient (Wildman–Crippen LogP) is 3.25. The van der Waals surface area contributed by atoms with Crippen LogP contribution >= 0.6 is 22.9 Å². The van der Waals surface area contributed by atoms with Crippen molar-refractivity contribution in [3.05, 3.63) is 79.3 Å². The fraction of sp³-hybridized carbons (Fsp3) is 0.0952. The highest BCUT2D eigenvalue weighted by molar-refractivity contribution is 7.92. The number of carbonyl (C=O) groups excluding carboxylic acids is 1. The van der Waals surface area contributed by atoms with Crippen LogP contribution < -0.4 is 26.6 Å². The van der Waals surface area contributed by atoms with E-state index in [2.05, 4.69) is 15.6 Å². The van der Waals surface area contributed by atoms with Crippen LogP contribution in [-0.4, -0.2) is 31.0 Å². The van der Waals surface area contributed by atoms with Gasteiger partial charge in [0.15, 0.2) is 0 Å². The molecule has 0 spiro atoms. The van der Waals surface area contributed by atoms with E-state index in [4.69, 9.17) is 11.6 Å². The minimum atomic E-state index is -4.00. The van der Waals surface area contributed by atoms with Crippen LogP contribution in [0.25, 0.3) is 16.6 Å². The first kappa shape index (κ1) is 23.5. The normalized spacial score (nSPS) is 11.4. The number of hydrogen-bond acceptors (Lipinski definition) is 7. The molecule has 0 saturated heterocycles. The van der Waals surface area contributed by atoms with Crippen LogP contribution in [0.5, 0.6) is 0 Å². The van der Waals surface area contributed by atoms with Gasteiger partial charge in [0.1, 0.15) is 4.21 Å². The zero-order valence-corrected chi connectivity index (χ0v) is 20.2. The zero-order chi connectivity index (χ0) is 24.6. The SMILES string of the molecule is CNc1cc2[nH]c(=O)n(-c3ccc(NC(=O)NS(=O)(=O)c4ccc(C)s4)cc3)c(=O)c2cc1Cl. The highest BCUT2D eigenvalue weighted by atomic mass is 35.5. The van der Waals surface area contributed by atoms with E-state index in [9.17, 15) is 22.8 Å². The molecule has 34 heavy (non-hydrogen) atoms. The lowest BCUT2D eigenvalue weighted by atomic mass is 10.2. The molecule has 0 saturated carbocycles. The van der Waals surface area contributed by atoms with E-state index in [0.29, 0.717) is 16.2 Å². The van der Waals surface area contributed by atoms with Gasteiger partial charge in [0.05, 0.1) is 27.3 Å². The first-order valence-corrected chi connectivity index (χ1v) is 12.4. The standard InChI is InChI=1S/C21H18ClN5O5S2/c1-11-3-8-18(33-11)34(31,32)26-20(29)24-12-4-6-13(7-5-12)27-19(28)14-9-15(22)17(23-2)10-16(14)25-21(27)30/h3-10,23H,1-2H3,(H,25,30)(H2,24,26,29). The van der Waals surface area contributed by atoms with Crippen molar-refractivity contribution in [1.29, 1.82) is 0 Å². The smallest absolute Gasteiger partial charge is 0.333 e. The van der Waals surface area contributed by atoms with Gasteiger partial charge in [-0.1, -0.05) is 11.6 Å². The first-order valence-electron chi connectivity index (χ1n) is 9.76. The Hall–Kier alpha value is -3.61. The summed E-state index contributed by atoms with van der Waals surface area (Å²) in [7, 11) is -2.33. The summed E-state index contributed by atoms with van der Waals surface area (Å²) in [6, 6.07) is 10.9. The molecule has 0 fully saturated rings. The third kappa shape index (κ3) is 4.55. The molecule has 0 bridgehead atoms. The number of thiophene rings is 1. The Kier molecular flexibility index (Phi) is 6.21. The second-order valence-electron chi connectivity index (χ2n) is 7.17. The maximum Gasteiger partial charge on any atom is 0.333 e. The zero-order valence-electron chi connectivity index (χ0n) is 17.8. The lowest BCUT2D eigenvalue weighted by Gasteiger charge is -2.10. The number of aromatic amines is 1. The number of anilines is 2. The van der Waals surface area contributed by atoms with Crippen molar-refractivity contribution in [2.45, 2.75) is 11.1 Å². The van der Waals surface area contributed by atoms with E-state index in [0.717, 1.165) is 20.8 Å². The van der Waals surface area contributed by atoms with Gasteiger partial charge < -0.3 is 15.6 Å². The van der Waals surface area contributed by atoms with Crippen LogP contribution in [0.4, 0.5) is 16.2 Å². The number of rotatable bonds is 5. The van der Waals surface area contributed by atoms with Crippen LogP contribution in [0.15, 0.2) is 62.3 Å². The summed E-state index contributed by atoms with van der Waals surface area (Å²) in [5.74, 6) is 0. The van der Waals surface area contributed by atoms with E-state index in [-0.39, 0.29) is 21.0 Å². The number of halogens is 1. The molecule has 2 aromatic carbocycles. The van der Waals surface area contributed by atoms with Gasteiger partial charge in [-0.15, -0.1) is 11.3 Å². The van der Waals surface area contributed by atoms with Crippen molar-refractivity contribution in [2.24, 2.45) is 0 Å². The van der Waals surface area contributed by atoms with Crippen molar-refractivity contribution < 1.29 is 13.2 Å². The molecule has 13 heteroatoms. The molecule has 2 aromatic heterocycles. The average Bonchev–Trinajstić information content (AvgIpc) is 3.22. The minimum Gasteiger partial charge on any atom is -0.387 e. The molecule has 0 radical (unpaired) electrons. The predicted molar refractivity (Wildman–Crippen MR) is 133 cm³/mol. The number of urea groups is 1. The number of aromatic nitrogens is 2. The molecule has 0 unspecified atom stereocenters. The fourth-order valence-corrected chi connectivity index (χ4v) is 5.69. The molecule has 2 heterocycles. The Labute approximate surface area is 202 Å². The Bertz CT molecular complexity index is 1640. The third-order valence-corrected chi connectivity index (χ3v) is 7.98. The van der Waals surface area contributed by atoms with Gasteiger partial charge in [0.2, 0.25) is 0 Å². The van der Waals surface area contributed by atoms with Crippen molar-refractivity contribution in [1.82, 2.24) is 14.3 Å². The maximum atomic E-state index is 13.0. The lowest BCUT2D eigenvalue weighted by molar-refractivity contribution is 0.256. The molecule has 4 rings (SSSR count). The van der Waals surface area contributed by atoms with Crippen molar-refractivity contribution in [2.75, 3.05) is 17.7 Å². The number of H-pyrrole nitrogens is 1. The number of carbonyl (C=O) groups is 1. The second-order valence-corrected chi connectivity index (χ2v) is 10.8. The van der Waals surface area contributed by atoms with E-state index < -0.39 is 27.3 Å². The topological polar surface area (TPSA) is 142 Å². The minimum absolute atomic E-state index is 0.0207. The molecule has 0 aliphatic carbocycles. The highest BCUT2D eigenvalue weighted by Crippen LogP contribution is 2.25. The van der Waals surface area contributed by atoms with Gasteiger partial charge in [0.25, 0.3) is 15.6 Å². The molecule has 10 nitrogen and oxygen atoms in total. The number of hydrogen-bond donors (Lipinski definition) is 4. The van der Waals surface area contributed by atoms with Crippen molar-refractivity contribution in [3.63, 3.8) is 0 Å². The molecule has 4 N–H and O–H groups in total. The van der Waals surface area contributed by atoms with Gasteiger partial charge in [-0.05, 0) is 55.5 Å². The first-order chi connectivity index (χ1) is 16.1. The molecular weight excluding hydrogens is 502 g/mol. The largest absolute Gasteiger partial charge is 0.387 e. The summed E-state index contributed by atoms with van der Waals surface area (Å²) < 4.78 is 27.5. The van der Waals surface area contributed by atoms with Crippen LogP contribution in [0, 0.1) is 6.92 Å². The number of sulfonamides is 1. The van der Waals surface area contributed by atoms with Crippen LogP contribution in [0.1, 0.15) is 4.88 Å². The molecule has 2 amide bonds. The Balaban J connectivity index is 1.58. The van der Waals surface area contributed by atoms with Gasteiger partial charge in [-0.25, -0.2) is 27.3 Å². The number of benzene rings is 2. The van der Waals surface area contributed by atoms with Gasteiger partial charge in [-0.2, -0.15) is 0 Å². The third-order valence-electron chi connectivity index (χ3n) is 4.85. The molecule has 176 valence electrons. The molecule has 4 aromatic rings. The number of amides is 2. The number of aryl methyl sites for hydroxylation is 1. The van der Waals surface area contributed by atoms with Crippen LogP contribution in [0.2, 0.25) is 5.02 Å². The summed E-state index contributed by atoms with van der Waals surface area (Å²) in [5.41, 5.74) is 0.168.